The Balaban J connectivity index is 2.78. The Morgan fingerprint density at radius 2 is 2.29 bits per heavy atom. The smallest absolute Gasteiger partial charge is 0.0912 e. The first kappa shape index (κ1) is 9.32. The van der Waals surface area contributed by atoms with Gasteiger partial charge in [-0.3, -0.25) is 0 Å². The summed E-state index contributed by atoms with van der Waals surface area (Å²) in [6.07, 6.45) is 0.339. The molecule has 0 amide bonds. The number of nitrogen functional groups attached to an aromatic ring is 1. The second kappa shape index (κ2) is 3.49. The number of nitriles is 1. The molecule has 2 aromatic rings. The van der Waals surface area contributed by atoms with E-state index in [1.165, 1.54) is 11.3 Å². The van der Waals surface area contributed by atoms with Crippen molar-refractivity contribution >= 4 is 38.0 Å². The minimum atomic E-state index is 0.339. The normalized spacial score (nSPS) is 10.3. The quantitative estimate of drug-likeness (QED) is 0.806. The van der Waals surface area contributed by atoms with Gasteiger partial charge in [0.2, 0.25) is 0 Å². The molecule has 1 aromatic heterocycles. The Morgan fingerprint density at radius 3 is 3.00 bits per heavy atom. The van der Waals surface area contributed by atoms with E-state index in [1.54, 1.807) is 0 Å². The molecule has 0 spiro atoms. The van der Waals surface area contributed by atoms with Gasteiger partial charge in [0.15, 0.2) is 0 Å². The summed E-state index contributed by atoms with van der Waals surface area (Å²) < 4.78 is 0.969. The van der Waals surface area contributed by atoms with E-state index in [0.717, 1.165) is 15.6 Å². The van der Waals surface area contributed by atoms with Gasteiger partial charge in [0.1, 0.15) is 0 Å². The van der Waals surface area contributed by atoms with Crippen molar-refractivity contribution in [3.05, 3.63) is 28.8 Å². The van der Waals surface area contributed by atoms with E-state index in [1.807, 2.05) is 18.2 Å². The van der Waals surface area contributed by atoms with Gasteiger partial charge in [0, 0.05) is 10.9 Å². The average molecular weight is 223 g/mol. The Labute approximate surface area is 90.5 Å². The predicted octanol–water partition coefficient (Wildman–Crippen LogP) is 3.20. The van der Waals surface area contributed by atoms with E-state index in [4.69, 9.17) is 22.6 Å². The maximum absolute atomic E-state index is 8.66. The van der Waals surface area contributed by atoms with Gasteiger partial charge in [-0.2, -0.15) is 5.26 Å². The summed E-state index contributed by atoms with van der Waals surface area (Å²) in [6, 6.07) is 7.75. The zero-order valence-electron chi connectivity index (χ0n) is 7.25. The first-order valence-corrected chi connectivity index (χ1v) is 5.26. The zero-order chi connectivity index (χ0) is 10.1. The molecule has 2 N–H and O–H groups in total. The lowest BCUT2D eigenvalue weighted by molar-refractivity contribution is 1.30. The van der Waals surface area contributed by atoms with E-state index in [0.29, 0.717) is 16.4 Å². The molecule has 4 heteroatoms. The van der Waals surface area contributed by atoms with Crippen molar-refractivity contribution in [2.45, 2.75) is 6.42 Å². The highest BCUT2D eigenvalue weighted by molar-refractivity contribution is 7.23. The van der Waals surface area contributed by atoms with Crippen LogP contribution in [0.25, 0.3) is 10.1 Å². The molecule has 0 bridgehead atoms. The van der Waals surface area contributed by atoms with Gasteiger partial charge < -0.3 is 5.73 Å². The summed E-state index contributed by atoms with van der Waals surface area (Å²) in [5, 5.41) is 11.0. The molecule has 0 saturated heterocycles. The number of benzene rings is 1. The summed E-state index contributed by atoms with van der Waals surface area (Å²) in [4.78, 5) is 0. The van der Waals surface area contributed by atoms with Gasteiger partial charge in [-0.15, -0.1) is 11.3 Å². The van der Waals surface area contributed by atoms with E-state index in [-0.39, 0.29) is 0 Å². The van der Waals surface area contributed by atoms with Crippen LogP contribution in [0.1, 0.15) is 5.56 Å². The number of hydrogen-bond acceptors (Lipinski definition) is 3. The van der Waals surface area contributed by atoms with Crippen LogP contribution >= 0.6 is 22.9 Å². The third-order valence-corrected chi connectivity index (χ3v) is 3.59. The maximum Gasteiger partial charge on any atom is 0.0912 e. The van der Waals surface area contributed by atoms with Crippen LogP contribution in [0.4, 0.5) is 5.00 Å². The molecule has 1 heterocycles. The molecule has 0 aliphatic rings. The minimum absolute atomic E-state index is 0.339. The minimum Gasteiger partial charge on any atom is -0.390 e. The lowest BCUT2D eigenvalue weighted by atomic mass is 10.1. The average Bonchev–Trinajstić information content (AvgIpc) is 2.47. The van der Waals surface area contributed by atoms with E-state index in [2.05, 4.69) is 6.07 Å². The van der Waals surface area contributed by atoms with E-state index in [9.17, 15) is 0 Å². The van der Waals surface area contributed by atoms with Crippen molar-refractivity contribution in [3.63, 3.8) is 0 Å². The van der Waals surface area contributed by atoms with Crippen LogP contribution in [-0.2, 0) is 6.42 Å². The fourth-order valence-electron chi connectivity index (χ4n) is 1.42. The standard InChI is InChI=1S/C10H7ClN2S/c11-8-3-1-2-6-7(4-5-12)10(13)14-9(6)8/h1-3H,4,13H2. The monoisotopic (exact) mass is 222 g/mol. The largest absolute Gasteiger partial charge is 0.390 e. The van der Waals surface area contributed by atoms with Crippen LogP contribution in [0.5, 0.6) is 0 Å². The number of thiophene rings is 1. The Morgan fingerprint density at radius 1 is 1.50 bits per heavy atom. The number of rotatable bonds is 1. The molecule has 1 aromatic carbocycles. The molecule has 0 fully saturated rings. The van der Waals surface area contributed by atoms with Crippen molar-refractivity contribution < 1.29 is 0 Å². The predicted molar refractivity (Wildman–Crippen MR) is 60.6 cm³/mol. The van der Waals surface area contributed by atoms with Gasteiger partial charge in [-0.25, -0.2) is 0 Å². The lowest BCUT2D eigenvalue weighted by Crippen LogP contribution is -1.86. The van der Waals surface area contributed by atoms with E-state index < -0.39 is 0 Å². The third-order valence-electron chi connectivity index (χ3n) is 2.06. The van der Waals surface area contributed by atoms with Crippen molar-refractivity contribution in [2.24, 2.45) is 0 Å². The van der Waals surface area contributed by atoms with E-state index >= 15 is 0 Å². The first-order valence-electron chi connectivity index (χ1n) is 4.06. The molecule has 0 saturated carbocycles. The van der Waals surface area contributed by atoms with Crippen molar-refractivity contribution in [1.82, 2.24) is 0 Å². The van der Waals surface area contributed by atoms with Crippen LogP contribution < -0.4 is 5.73 Å². The Kier molecular flexibility index (Phi) is 2.32. The highest BCUT2D eigenvalue weighted by atomic mass is 35.5. The summed E-state index contributed by atoms with van der Waals surface area (Å²) in [7, 11) is 0. The van der Waals surface area contributed by atoms with Crippen LogP contribution in [0.15, 0.2) is 18.2 Å². The summed E-state index contributed by atoms with van der Waals surface area (Å²) in [5.74, 6) is 0. The molecule has 14 heavy (non-hydrogen) atoms. The molecule has 2 rings (SSSR count). The van der Waals surface area contributed by atoms with Crippen molar-refractivity contribution in [1.29, 1.82) is 5.26 Å². The number of anilines is 1. The summed E-state index contributed by atoms with van der Waals surface area (Å²) in [5.41, 5.74) is 6.72. The third kappa shape index (κ3) is 1.33. The molecule has 0 atom stereocenters. The van der Waals surface area contributed by atoms with Crippen LogP contribution in [0.3, 0.4) is 0 Å². The van der Waals surface area contributed by atoms with Gasteiger partial charge in [0.25, 0.3) is 0 Å². The fourth-order valence-corrected chi connectivity index (χ4v) is 2.70. The number of hydrogen-bond donors (Lipinski definition) is 1. The maximum atomic E-state index is 8.66. The molecule has 0 aliphatic carbocycles. The second-order valence-electron chi connectivity index (χ2n) is 2.90. The summed E-state index contributed by atoms with van der Waals surface area (Å²) >= 11 is 7.45. The number of fused-ring (bicyclic) bond motifs is 1. The van der Waals surface area contributed by atoms with Crippen molar-refractivity contribution in [3.8, 4) is 6.07 Å². The molecular weight excluding hydrogens is 216 g/mol. The molecule has 70 valence electrons. The first-order chi connectivity index (χ1) is 6.74. The molecule has 0 radical (unpaired) electrons. The Bertz CT molecular complexity index is 525. The summed E-state index contributed by atoms with van der Waals surface area (Å²) in [6.45, 7) is 0. The van der Waals surface area contributed by atoms with Crippen LogP contribution in [0.2, 0.25) is 5.02 Å². The topological polar surface area (TPSA) is 49.8 Å². The fraction of sp³-hybridized carbons (Fsp3) is 0.100. The van der Waals surface area contributed by atoms with Gasteiger partial charge >= 0.3 is 0 Å². The van der Waals surface area contributed by atoms with Crippen LogP contribution in [0, 0.1) is 11.3 Å². The SMILES string of the molecule is N#CCc1c(N)sc2c(Cl)cccc12. The molecule has 0 aliphatic heterocycles. The highest BCUT2D eigenvalue weighted by Crippen LogP contribution is 2.37. The van der Waals surface area contributed by atoms with Crippen LogP contribution in [-0.4, -0.2) is 0 Å². The van der Waals surface area contributed by atoms with Gasteiger partial charge in [0.05, 0.1) is 27.2 Å². The van der Waals surface area contributed by atoms with Crippen molar-refractivity contribution in [2.75, 3.05) is 5.73 Å². The Hall–Kier alpha value is -1.24. The molecular formula is C10H7ClN2S. The number of nitrogens with zero attached hydrogens (tertiary/aromatic N) is 1. The molecule has 2 nitrogen and oxygen atoms in total. The van der Waals surface area contributed by atoms with Gasteiger partial charge in [-0.05, 0) is 6.07 Å². The zero-order valence-corrected chi connectivity index (χ0v) is 8.82. The highest BCUT2D eigenvalue weighted by Gasteiger charge is 2.10. The van der Waals surface area contributed by atoms with Gasteiger partial charge in [-0.1, -0.05) is 23.7 Å². The molecule has 0 unspecified atom stereocenters. The number of halogens is 1. The second-order valence-corrected chi connectivity index (χ2v) is 4.36. The lowest BCUT2D eigenvalue weighted by Gasteiger charge is -1.94. The number of nitrogens with two attached hydrogens (primary N) is 1.